The van der Waals surface area contributed by atoms with E-state index in [0.717, 1.165) is 17.9 Å². The summed E-state index contributed by atoms with van der Waals surface area (Å²) >= 11 is 0. The molecule has 0 aliphatic carbocycles. The molecule has 0 unspecified atom stereocenters. The van der Waals surface area contributed by atoms with E-state index in [4.69, 9.17) is 4.74 Å². The summed E-state index contributed by atoms with van der Waals surface area (Å²) in [7, 11) is 0. The summed E-state index contributed by atoms with van der Waals surface area (Å²) in [4.78, 5) is 0. The standard InChI is InChI=1S/C17H19O/c1-3-4-12-16-14(2)9-8-13-17(16)18-15-10-6-5-7-11-15/h5-11H,3-4,12H2,1-2H3. The van der Waals surface area contributed by atoms with Gasteiger partial charge in [-0.2, -0.15) is 0 Å². The first kappa shape index (κ1) is 12.7. The van der Waals surface area contributed by atoms with Gasteiger partial charge in [0.1, 0.15) is 11.5 Å². The van der Waals surface area contributed by atoms with Gasteiger partial charge >= 0.3 is 0 Å². The first-order valence-corrected chi connectivity index (χ1v) is 6.54. The number of hydrogen-bond donors (Lipinski definition) is 0. The number of hydrogen-bond acceptors (Lipinski definition) is 1. The molecular weight excluding hydrogens is 220 g/mol. The predicted octanol–water partition coefficient (Wildman–Crippen LogP) is 4.93. The normalized spacial score (nSPS) is 10.3. The van der Waals surface area contributed by atoms with Crippen LogP contribution in [-0.2, 0) is 6.42 Å². The molecule has 0 aliphatic rings. The first-order valence-electron chi connectivity index (χ1n) is 6.54. The Morgan fingerprint density at radius 1 is 1.11 bits per heavy atom. The summed E-state index contributed by atoms with van der Waals surface area (Å²) in [6.45, 7) is 4.34. The molecule has 0 saturated heterocycles. The van der Waals surface area contributed by atoms with Crippen LogP contribution in [0.3, 0.4) is 0 Å². The first-order chi connectivity index (χ1) is 8.81. The van der Waals surface area contributed by atoms with E-state index in [1.54, 1.807) is 0 Å². The summed E-state index contributed by atoms with van der Waals surface area (Å²) in [5, 5.41) is 0. The highest BCUT2D eigenvalue weighted by Crippen LogP contribution is 2.28. The summed E-state index contributed by atoms with van der Waals surface area (Å²) in [6, 6.07) is 17.1. The molecule has 93 valence electrons. The molecule has 2 aromatic rings. The van der Waals surface area contributed by atoms with Gasteiger partial charge < -0.3 is 4.74 Å². The second kappa shape index (κ2) is 6.25. The molecule has 1 nitrogen and oxygen atoms in total. The lowest BCUT2D eigenvalue weighted by atomic mass is 10.0. The van der Waals surface area contributed by atoms with E-state index < -0.39 is 0 Å². The fourth-order valence-electron chi connectivity index (χ4n) is 1.97. The van der Waals surface area contributed by atoms with Crippen LogP contribution >= 0.6 is 0 Å². The molecule has 0 aliphatic heterocycles. The highest BCUT2D eigenvalue weighted by Gasteiger charge is 2.07. The van der Waals surface area contributed by atoms with Gasteiger partial charge in [0.25, 0.3) is 0 Å². The maximum Gasteiger partial charge on any atom is 0.138 e. The Kier molecular flexibility index (Phi) is 4.40. The lowest BCUT2D eigenvalue weighted by Crippen LogP contribution is -1.95. The van der Waals surface area contributed by atoms with Crippen molar-refractivity contribution in [1.82, 2.24) is 0 Å². The third-order valence-electron chi connectivity index (χ3n) is 3.04. The predicted molar refractivity (Wildman–Crippen MR) is 75.1 cm³/mol. The number of aryl methyl sites for hydroxylation is 1. The summed E-state index contributed by atoms with van der Waals surface area (Å²) in [5.41, 5.74) is 2.57. The number of ether oxygens (including phenoxy) is 1. The quantitative estimate of drug-likeness (QED) is 0.718. The SMILES string of the molecule is CCCCc1c(Oc2ccccc2)[c]ccc1C. The molecular formula is C17H19O. The molecule has 0 fully saturated rings. The Hall–Kier alpha value is -1.76. The van der Waals surface area contributed by atoms with Crippen molar-refractivity contribution in [1.29, 1.82) is 0 Å². The van der Waals surface area contributed by atoms with Gasteiger partial charge in [-0.3, -0.25) is 0 Å². The van der Waals surface area contributed by atoms with Crippen LogP contribution in [-0.4, -0.2) is 0 Å². The van der Waals surface area contributed by atoms with E-state index >= 15 is 0 Å². The van der Waals surface area contributed by atoms with E-state index in [1.807, 2.05) is 36.4 Å². The summed E-state index contributed by atoms with van der Waals surface area (Å²) < 4.78 is 5.93. The van der Waals surface area contributed by atoms with Gasteiger partial charge in [-0.05, 0) is 43.0 Å². The zero-order valence-electron chi connectivity index (χ0n) is 11.1. The van der Waals surface area contributed by atoms with Crippen LogP contribution in [0.15, 0.2) is 42.5 Å². The van der Waals surface area contributed by atoms with Gasteiger partial charge in [-0.15, -0.1) is 0 Å². The molecule has 0 heterocycles. The molecule has 0 N–H and O–H groups in total. The molecule has 2 rings (SSSR count). The van der Waals surface area contributed by atoms with Crippen LogP contribution in [0.4, 0.5) is 0 Å². The minimum absolute atomic E-state index is 0.870. The van der Waals surface area contributed by atoms with Crippen LogP contribution < -0.4 is 4.74 Å². The lowest BCUT2D eigenvalue weighted by Gasteiger charge is -2.13. The minimum atomic E-state index is 0.870. The molecule has 0 atom stereocenters. The monoisotopic (exact) mass is 239 g/mol. The molecule has 0 amide bonds. The molecule has 2 aromatic carbocycles. The number of unbranched alkanes of at least 4 members (excludes halogenated alkanes) is 1. The summed E-state index contributed by atoms with van der Waals surface area (Å²) in [5.74, 6) is 1.74. The maximum atomic E-state index is 5.93. The Bertz CT molecular complexity index is 488. The topological polar surface area (TPSA) is 9.23 Å². The second-order valence-electron chi connectivity index (χ2n) is 4.49. The average Bonchev–Trinajstić information content (AvgIpc) is 2.39. The van der Waals surface area contributed by atoms with Crippen molar-refractivity contribution in [2.24, 2.45) is 0 Å². The lowest BCUT2D eigenvalue weighted by molar-refractivity contribution is 0.473. The molecule has 0 saturated carbocycles. The van der Waals surface area contributed by atoms with E-state index in [9.17, 15) is 0 Å². The van der Waals surface area contributed by atoms with E-state index in [2.05, 4.69) is 26.0 Å². The van der Waals surface area contributed by atoms with Crippen molar-refractivity contribution in [2.75, 3.05) is 0 Å². The summed E-state index contributed by atoms with van der Waals surface area (Å²) in [6.07, 6.45) is 3.44. The van der Waals surface area contributed by atoms with Crippen LogP contribution in [0.5, 0.6) is 11.5 Å². The Labute approximate surface area is 109 Å². The molecule has 1 radical (unpaired) electrons. The van der Waals surface area contributed by atoms with Gasteiger partial charge in [0, 0.05) is 6.07 Å². The fourth-order valence-corrected chi connectivity index (χ4v) is 1.97. The minimum Gasteiger partial charge on any atom is -0.456 e. The highest BCUT2D eigenvalue weighted by molar-refractivity contribution is 5.41. The van der Waals surface area contributed by atoms with E-state index in [-0.39, 0.29) is 0 Å². The van der Waals surface area contributed by atoms with Crippen LogP contribution in [0.2, 0.25) is 0 Å². The van der Waals surface area contributed by atoms with Gasteiger partial charge in [-0.1, -0.05) is 43.7 Å². The number of benzene rings is 2. The molecule has 0 spiro atoms. The smallest absolute Gasteiger partial charge is 0.138 e. The van der Waals surface area contributed by atoms with Gasteiger partial charge in [0.2, 0.25) is 0 Å². The van der Waals surface area contributed by atoms with E-state index in [1.165, 1.54) is 24.0 Å². The van der Waals surface area contributed by atoms with Crippen LogP contribution in [0, 0.1) is 13.0 Å². The Morgan fingerprint density at radius 3 is 2.61 bits per heavy atom. The van der Waals surface area contributed by atoms with Gasteiger partial charge in [0.15, 0.2) is 0 Å². The largest absolute Gasteiger partial charge is 0.456 e. The molecule has 18 heavy (non-hydrogen) atoms. The fraction of sp³-hybridized carbons (Fsp3) is 0.294. The number of rotatable bonds is 5. The third kappa shape index (κ3) is 3.13. The maximum absolute atomic E-state index is 5.93. The third-order valence-corrected chi connectivity index (χ3v) is 3.04. The van der Waals surface area contributed by atoms with Crippen molar-refractivity contribution in [2.45, 2.75) is 33.1 Å². The van der Waals surface area contributed by atoms with Crippen molar-refractivity contribution in [3.8, 4) is 11.5 Å². The van der Waals surface area contributed by atoms with Gasteiger partial charge in [0.05, 0.1) is 0 Å². The van der Waals surface area contributed by atoms with Crippen molar-refractivity contribution < 1.29 is 4.74 Å². The van der Waals surface area contributed by atoms with Crippen molar-refractivity contribution in [3.05, 3.63) is 59.7 Å². The number of para-hydroxylation sites is 1. The molecule has 0 bridgehead atoms. The second-order valence-corrected chi connectivity index (χ2v) is 4.49. The van der Waals surface area contributed by atoms with Crippen molar-refractivity contribution in [3.63, 3.8) is 0 Å². The zero-order chi connectivity index (χ0) is 12.8. The molecule has 0 aromatic heterocycles. The average molecular weight is 239 g/mol. The van der Waals surface area contributed by atoms with Crippen LogP contribution in [0.25, 0.3) is 0 Å². The highest BCUT2D eigenvalue weighted by atomic mass is 16.5. The van der Waals surface area contributed by atoms with Gasteiger partial charge in [-0.25, -0.2) is 0 Å². The Morgan fingerprint density at radius 2 is 1.89 bits per heavy atom. The zero-order valence-corrected chi connectivity index (χ0v) is 11.1. The van der Waals surface area contributed by atoms with Crippen molar-refractivity contribution >= 4 is 0 Å². The molecule has 1 heteroatoms. The van der Waals surface area contributed by atoms with E-state index in [0.29, 0.717) is 0 Å². The van der Waals surface area contributed by atoms with Crippen LogP contribution in [0.1, 0.15) is 30.9 Å². The Balaban J connectivity index is 2.24.